The van der Waals surface area contributed by atoms with Crippen molar-refractivity contribution < 1.29 is 4.79 Å². The molecular formula is C14H14N2OS3. The average molecular weight is 322 g/mol. The van der Waals surface area contributed by atoms with Crippen molar-refractivity contribution in [1.82, 2.24) is 10.6 Å². The molecule has 0 atom stereocenters. The average Bonchev–Trinajstić information content (AvgIpc) is 3.00. The topological polar surface area (TPSA) is 41.1 Å². The zero-order valence-electron chi connectivity index (χ0n) is 10.9. The smallest absolute Gasteiger partial charge is 0.267 e. The molecule has 2 aromatic rings. The third-order valence-corrected chi connectivity index (χ3v) is 4.44. The molecule has 0 aliphatic rings. The third-order valence-electron chi connectivity index (χ3n) is 2.58. The van der Waals surface area contributed by atoms with Crippen molar-refractivity contribution in [2.45, 2.75) is 11.4 Å². The van der Waals surface area contributed by atoms with Gasteiger partial charge >= 0.3 is 0 Å². The second-order valence-electron chi connectivity index (χ2n) is 3.96. The van der Waals surface area contributed by atoms with E-state index in [4.69, 9.17) is 12.2 Å². The predicted octanol–water partition coefficient (Wildman–Crippen LogP) is 3.27. The van der Waals surface area contributed by atoms with Crippen LogP contribution in [0.4, 0.5) is 0 Å². The van der Waals surface area contributed by atoms with E-state index < -0.39 is 0 Å². The summed E-state index contributed by atoms with van der Waals surface area (Å²) >= 11 is 8.21. The van der Waals surface area contributed by atoms with E-state index in [9.17, 15) is 4.79 Å². The first-order valence-electron chi connectivity index (χ1n) is 5.94. The van der Waals surface area contributed by atoms with Crippen LogP contribution in [-0.2, 0) is 6.54 Å². The lowest BCUT2D eigenvalue weighted by Gasteiger charge is -2.09. The molecule has 1 amide bonds. The first-order valence-corrected chi connectivity index (χ1v) is 8.46. The Hall–Kier alpha value is -1.37. The molecule has 0 aliphatic heterocycles. The van der Waals surface area contributed by atoms with Gasteiger partial charge in [0.05, 0.1) is 4.88 Å². The predicted molar refractivity (Wildman–Crippen MR) is 89.4 cm³/mol. The molecule has 20 heavy (non-hydrogen) atoms. The number of rotatable bonds is 4. The number of hydrogen-bond donors (Lipinski definition) is 2. The van der Waals surface area contributed by atoms with Crippen molar-refractivity contribution in [2.24, 2.45) is 0 Å². The van der Waals surface area contributed by atoms with Crippen LogP contribution in [0.5, 0.6) is 0 Å². The van der Waals surface area contributed by atoms with Gasteiger partial charge in [-0.1, -0.05) is 18.2 Å². The molecule has 6 heteroatoms. The summed E-state index contributed by atoms with van der Waals surface area (Å²) in [6, 6.07) is 11.8. The number of benzene rings is 1. The van der Waals surface area contributed by atoms with Crippen molar-refractivity contribution >= 4 is 46.3 Å². The molecule has 2 rings (SSSR count). The summed E-state index contributed by atoms with van der Waals surface area (Å²) in [5.41, 5.74) is 1.12. The molecule has 1 heterocycles. The molecule has 0 unspecified atom stereocenters. The van der Waals surface area contributed by atoms with Crippen LogP contribution in [0.1, 0.15) is 15.2 Å². The van der Waals surface area contributed by atoms with Crippen molar-refractivity contribution in [3.05, 3.63) is 52.2 Å². The molecule has 0 bridgehead atoms. The number of thiophene rings is 1. The van der Waals surface area contributed by atoms with Crippen molar-refractivity contribution in [3.63, 3.8) is 0 Å². The number of hydrogen-bond acceptors (Lipinski definition) is 4. The molecule has 104 valence electrons. The second kappa shape index (κ2) is 7.42. The van der Waals surface area contributed by atoms with E-state index in [-0.39, 0.29) is 5.91 Å². The molecule has 0 aliphatic carbocycles. The van der Waals surface area contributed by atoms with Gasteiger partial charge in [0, 0.05) is 11.4 Å². The van der Waals surface area contributed by atoms with Crippen LogP contribution >= 0.6 is 35.3 Å². The molecule has 0 saturated carbocycles. The monoisotopic (exact) mass is 322 g/mol. The number of thioether (sulfide) groups is 1. The summed E-state index contributed by atoms with van der Waals surface area (Å²) in [7, 11) is 0. The summed E-state index contributed by atoms with van der Waals surface area (Å²) in [4.78, 5) is 13.7. The van der Waals surface area contributed by atoms with Gasteiger partial charge in [-0.15, -0.1) is 23.1 Å². The summed E-state index contributed by atoms with van der Waals surface area (Å²) in [6.07, 6.45) is 2.04. The molecule has 0 saturated heterocycles. The van der Waals surface area contributed by atoms with E-state index in [1.807, 2.05) is 29.8 Å². The van der Waals surface area contributed by atoms with Crippen molar-refractivity contribution in [2.75, 3.05) is 6.26 Å². The normalized spacial score (nSPS) is 10.1. The minimum atomic E-state index is -0.171. The van der Waals surface area contributed by atoms with Crippen LogP contribution in [0, 0.1) is 0 Å². The quantitative estimate of drug-likeness (QED) is 0.669. The Morgan fingerprint density at radius 2 is 2.05 bits per heavy atom. The minimum absolute atomic E-state index is 0.171. The number of carbonyl (C=O) groups excluding carboxylic acids is 1. The lowest BCUT2D eigenvalue weighted by atomic mass is 10.2. The Kier molecular flexibility index (Phi) is 5.58. The second-order valence-corrected chi connectivity index (χ2v) is 6.20. The van der Waals surface area contributed by atoms with Crippen LogP contribution in [0.3, 0.4) is 0 Å². The first kappa shape index (κ1) is 15.0. The minimum Gasteiger partial charge on any atom is -0.358 e. The summed E-state index contributed by atoms with van der Waals surface area (Å²) < 4.78 is 0. The Bertz CT molecular complexity index is 579. The maximum Gasteiger partial charge on any atom is 0.267 e. The fourth-order valence-electron chi connectivity index (χ4n) is 1.54. The Balaban J connectivity index is 1.81. The fraction of sp³-hybridized carbons (Fsp3) is 0.143. The lowest BCUT2D eigenvalue weighted by Crippen LogP contribution is -2.38. The van der Waals surface area contributed by atoms with E-state index in [1.165, 1.54) is 16.2 Å². The number of carbonyl (C=O) groups is 1. The molecule has 0 radical (unpaired) electrons. The van der Waals surface area contributed by atoms with E-state index in [0.717, 1.165) is 5.56 Å². The standard InChI is InChI=1S/C14H14N2OS3/c1-19-11-6-4-10(5-7-11)9-15-14(18)16-13(17)12-3-2-8-20-12/h2-8H,9H2,1H3,(H2,15,16,17,18). The molecule has 1 aromatic carbocycles. The van der Waals surface area contributed by atoms with Gasteiger partial charge in [0.1, 0.15) is 0 Å². The maximum atomic E-state index is 11.8. The van der Waals surface area contributed by atoms with Crippen LogP contribution in [0.15, 0.2) is 46.7 Å². The highest BCUT2D eigenvalue weighted by Gasteiger charge is 2.07. The third kappa shape index (κ3) is 4.33. The van der Waals surface area contributed by atoms with E-state index in [2.05, 4.69) is 22.8 Å². The fourth-order valence-corrected chi connectivity index (χ4v) is 2.73. The highest BCUT2D eigenvalue weighted by atomic mass is 32.2. The van der Waals surface area contributed by atoms with Gasteiger partial charge < -0.3 is 5.32 Å². The number of amides is 1. The van der Waals surface area contributed by atoms with Crippen LogP contribution < -0.4 is 10.6 Å². The highest BCUT2D eigenvalue weighted by molar-refractivity contribution is 7.98. The van der Waals surface area contributed by atoms with E-state index in [1.54, 1.807) is 17.8 Å². The molecule has 0 fully saturated rings. The summed E-state index contributed by atoms with van der Waals surface area (Å²) in [5.74, 6) is -0.171. The van der Waals surface area contributed by atoms with E-state index >= 15 is 0 Å². The number of nitrogens with one attached hydrogen (secondary N) is 2. The molecule has 1 aromatic heterocycles. The van der Waals surface area contributed by atoms with E-state index in [0.29, 0.717) is 16.5 Å². The van der Waals surface area contributed by atoms with Crippen molar-refractivity contribution in [3.8, 4) is 0 Å². The van der Waals surface area contributed by atoms with Gasteiger partial charge in [0.2, 0.25) is 0 Å². The van der Waals surface area contributed by atoms with Gasteiger partial charge in [-0.05, 0) is 47.6 Å². The van der Waals surface area contributed by atoms with Gasteiger partial charge in [-0.2, -0.15) is 0 Å². The van der Waals surface area contributed by atoms with Gasteiger partial charge in [-0.3, -0.25) is 10.1 Å². The number of thiocarbonyl (C=S) groups is 1. The lowest BCUT2D eigenvalue weighted by molar-refractivity contribution is 0.0980. The van der Waals surface area contributed by atoms with Crippen molar-refractivity contribution in [1.29, 1.82) is 0 Å². The SMILES string of the molecule is CSc1ccc(CNC(=S)NC(=O)c2cccs2)cc1. The van der Waals surface area contributed by atoms with Crippen LogP contribution in [0.2, 0.25) is 0 Å². The summed E-state index contributed by atoms with van der Waals surface area (Å²) in [6.45, 7) is 0.595. The van der Waals surface area contributed by atoms with Gasteiger partial charge in [0.25, 0.3) is 5.91 Å². The van der Waals surface area contributed by atoms with Gasteiger partial charge in [-0.25, -0.2) is 0 Å². The zero-order valence-corrected chi connectivity index (χ0v) is 13.3. The van der Waals surface area contributed by atoms with Crippen LogP contribution in [0.25, 0.3) is 0 Å². The maximum absolute atomic E-state index is 11.8. The van der Waals surface area contributed by atoms with Crippen LogP contribution in [-0.4, -0.2) is 17.3 Å². The Morgan fingerprint density at radius 3 is 2.65 bits per heavy atom. The molecule has 3 nitrogen and oxygen atoms in total. The zero-order chi connectivity index (χ0) is 14.4. The first-order chi connectivity index (χ1) is 9.69. The Labute approximate surface area is 131 Å². The Morgan fingerprint density at radius 1 is 1.30 bits per heavy atom. The largest absolute Gasteiger partial charge is 0.358 e. The van der Waals surface area contributed by atoms with Gasteiger partial charge in [0.15, 0.2) is 5.11 Å². The molecule has 0 spiro atoms. The molecular weight excluding hydrogens is 308 g/mol. The summed E-state index contributed by atoms with van der Waals surface area (Å²) in [5, 5.41) is 7.89. The molecule has 2 N–H and O–H groups in total. The highest BCUT2D eigenvalue weighted by Crippen LogP contribution is 2.14.